The van der Waals surface area contributed by atoms with Gasteiger partial charge in [-0.2, -0.15) is 10.2 Å². The van der Waals surface area contributed by atoms with Gasteiger partial charge in [0.1, 0.15) is 23.9 Å². The minimum absolute atomic E-state index is 0.402. The van der Waals surface area contributed by atoms with E-state index in [4.69, 9.17) is 9.15 Å². The zero-order valence-corrected chi connectivity index (χ0v) is 20.6. The lowest BCUT2D eigenvalue weighted by Gasteiger charge is -2.21. The van der Waals surface area contributed by atoms with Crippen LogP contribution in [0, 0.1) is 0 Å². The highest BCUT2D eigenvalue weighted by Crippen LogP contribution is 2.42. The molecule has 0 atom stereocenters. The van der Waals surface area contributed by atoms with Gasteiger partial charge in [-0.25, -0.2) is 0 Å². The second kappa shape index (κ2) is 11.0. The number of furan rings is 1. The van der Waals surface area contributed by atoms with Gasteiger partial charge in [0, 0.05) is 23.4 Å². The highest BCUT2D eigenvalue weighted by Gasteiger charge is 2.22. The van der Waals surface area contributed by atoms with E-state index in [1.54, 1.807) is 0 Å². The van der Waals surface area contributed by atoms with Gasteiger partial charge in [-0.3, -0.25) is 0 Å². The van der Waals surface area contributed by atoms with E-state index in [9.17, 15) is 0 Å². The van der Waals surface area contributed by atoms with Crippen molar-refractivity contribution in [3.63, 3.8) is 0 Å². The molecule has 0 spiro atoms. The van der Waals surface area contributed by atoms with Crippen LogP contribution in [0.1, 0.15) is 38.4 Å². The molecule has 4 heteroatoms. The number of hydrogen-bond donors (Lipinski definition) is 0. The lowest BCUT2D eigenvalue weighted by Crippen LogP contribution is -2.07. The van der Waals surface area contributed by atoms with Crippen LogP contribution in [-0.2, 0) is 4.74 Å². The fourth-order valence-electron chi connectivity index (χ4n) is 4.74. The zero-order chi connectivity index (χ0) is 24.7. The molecule has 0 N–H and O–H groups in total. The quantitative estimate of drug-likeness (QED) is 0.243. The van der Waals surface area contributed by atoms with E-state index < -0.39 is 0 Å². The molecule has 4 nitrogen and oxygen atoms in total. The maximum absolute atomic E-state index is 6.63. The summed E-state index contributed by atoms with van der Waals surface area (Å²) in [5, 5.41) is 7.54. The van der Waals surface area contributed by atoms with Gasteiger partial charge in [0.05, 0.1) is 5.71 Å². The molecule has 0 amide bonds. The summed E-state index contributed by atoms with van der Waals surface area (Å²) in [6.45, 7) is 5.70. The first kappa shape index (κ1) is 23.6. The molecule has 0 fully saturated rings. The molecule has 2 aromatic carbocycles. The smallest absolute Gasteiger partial charge is 0.142 e. The van der Waals surface area contributed by atoms with E-state index in [0.717, 1.165) is 70.9 Å². The van der Waals surface area contributed by atoms with Gasteiger partial charge < -0.3 is 9.15 Å². The first-order chi connectivity index (χ1) is 17.7. The Kier molecular flexibility index (Phi) is 7.23. The Morgan fingerprint density at radius 3 is 2.47 bits per heavy atom. The van der Waals surface area contributed by atoms with Crippen LogP contribution in [0.25, 0.3) is 28.0 Å². The van der Waals surface area contributed by atoms with Crippen molar-refractivity contribution >= 4 is 18.0 Å². The predicted molar refractivity (Wildman–Crippen MR) is 149 cm³/mol. The van der Waals surface area contributed by atoms with Gasteiger partial charge in [0.25, 0.3) is 0 Å². The summed E-state index contributed by atoms with van der Waals surface area (Å²) in [7, 11) is 0. The van der Waals surface area contributed by atoms with Gasteiger partial charge in [0.15, 0.2) is 0 Å². The largest absolute Gasteiger partial charge is 0.488 e. The van der Waals surface area contributed by atoms with Crippen molar-refractivity contribution in [1.29, 1.82) is 0 Å². The van der Waals surface area contributed by atoms with Crippen molar-refractivity contribution < 1.29 is 9.15 Å². The summed E-state index contributed by atoms with van der Waals surface area (Å²) < 4.78 is 12.6. The molecule has 0 saturated heterocycles. The third kappa shape index (κ3) is 5.23. The lowest BCUT2D eigenvalue weighted by molar-refractivity contribution is 0.269. The average molecular weight is 475 g/mol. The standard InChI is InChI=1S/C32H30N2O2/c1-23(34-33-2)22-35-27-17-11-16-26(20-27)28-18-9-10-19-29(28)31-21-30(24-12-5-3-6-13-24)32(36-31)25-14-7-4-8-15-25/h3-8,10,12-15,17,19-21H,2,9,11,16,18,22H2,1H3/b34-23+. The fraction of sp³-hybridized carbons (Fsp3) is 0.188. The Labute approximate surface area is 212 Å². The van der Waals surface area contributed by atoms with Crippen molar-refractivity contribution in [2.45, 2.75) is 32.6 Å². The molecular formula is C32H30N2O2. The SMILES string of the molecule is C=N/N=C(\C)COC1=CCCC(C2=C(c3cc(-c4ccccc4)c(-c4ccccc4)o3)C=CCC2)=C1. The van der Waals surface area contributed by atoms with Gasteiger partial charge in [-0.15, -0.1) is 0 Å². The van der Waals surface area contributed by atoms with Crippen LogP contribution in [0.4, 0.5) is 0 Å². The zero-order valence-electron chi connectivity index (χ0n) is 20.6. The summed E-state index contributed by atoms with van der Waals surface area (Å²) in [5.41, 5.74) is 7.92. The maximum Gasteiger partial charge on any atom is 0.142 e. The molecule has 1 heterocycles. The molecule has 0 bridgehead atoms. The minimum atomic E-state index is 0.402. The van der Waals surface area contributed by atoms with Crippen molar-refractivity contribution in [3.05, 3.63) is 114 Å². The Morgan fingerprint density at radius 1 is 0.972 bits per heavy atom. The molecule has 0 unspecified atom stereocenters. The molecule has 1 aromatic heterocycles. The maximum atomic E-state index is 6.63. The number of rotatable bonds is 8. The second-order valence-corrected chi connectivity index (χ2v) is 9.00. The molecule has 2 aliphatic rings. The van der Waals surface area contributed by atoms with E-state index in [1.807, 2.05) is 19.1 Å². The highest BCUT2D eigenvalue weighted by molar-refractivity contribution is 5.87. The fourth-order valence-corrected chi connectivity index (χ4v) is 4.74. The van der Waals surface area contributed by atoms with Crippen molar-refractivity contribution in [1.82, 2.24) is 0 Å². The average Bonchev–Trinajstić information content (AvgIpc) is 3.39. The van der Waals surface area contributed by atoms with Crippen LogP contribution in [0.3, 0.4) is 0 Å². The summed E-state index contributed by atoms with van der Waals surface area (Å²) in [6.07, 6.45) is 12.7. The molecule has 2 aliphatic carbocycles. The number of hydrogen-bond acceptors (Lipinski definition) is 4. The third-order valence-corrected chi connectivity index (χ3v) is 6.44. The molecule has 3 aromatic rings. The van der Waals surface area contributed by atoms with Crippen LogP contribution in [0.5, 0.6) is 0 Å². The van der Waals surface area contributed by atoms with Crippen LogP contribution in [0.15, 0.2) is 123 Å². The Bertz CT molecular complexity index is 1330. The van der Waals surface area contributed by atoms with Gasteiger partial charge in [-0.1, -0.05) is 72.8 Å². The predicted octanol–water partition coefficient (Wildman–Crippen LogP) is 8.41. The number of nitrogens with zero attached hydrogens (tertiary/aromatic N) is 2. The van der Waals surface area contributed by atoms with Crippen molar-refractivity contribution in [2.75, 3.05) is 6.61 Å². The minimum Gasteiger partial charge on any atom is -0.488 e. The third-order valence-electron chi connectivity index (χ3n) is 6.44. The summed E-state index contributed by atoms with van der Waals surface area (Å²) in [6, 6.07) is 23.0. The molecule has 180 valence electrons. The summed E-state index contributed by atoms with van der Waals surface area (Å²) in [5.74, 6) is 2.68. The topological polar surface area (TPSA) is 47.1 Å². The van der Waals surface area contributed by atoms with Gasteiger partial charge in [0.2, 0.25) is 0 Å². The van der Waals surface area contributed by atoms with Gasteiger partial charge in [-0.05, 0) is 67.5 Å². The number of ether oxygens (including phenoxy) is 1. The van der Waals surface area contributed by atoms with Crippen LogP contribution >= 0.6 is 0 Å². The number of allylic oxidation sites excluding steroid dienone is 7. The molecule has 36 heavy (non-hydrogen) atoms. The highest BCUT2D eigenvalue weighted by atomic mass is 16.5. The Balaban J connectivity index is 1.54. The lowest BCUT2D eigenvalue weighted by atomic mass is 9.86. The molecular weight excluding hydrogens is 444 g/mol. The Hall–Kier alpha value is -4.18. The molecule has 0 aliphatic heterocycles. The van der Waals surface area contributed by atoms with Gasteiger partial charge >= 0.3 is 0 Å². The molecule has 0 saturated carbocycles. The van der Waals surface area contributed by atoms with Crippen LogP contribution < -0.4 is 0 Å². The van der Waals surface area contributed by atoms with E-state index >= 15 is 0 Å². The first-order valence-electron chi connectivity index (χ1n) is 12.4. The molecule has 5 rings (SSSR count). The van der Waals surface area contributed by atoms with E-state index in [-0.39, 0.29) is 0 Å². The van der Waals surface area contributed by atoms with E-state index in [1.165, 1.54) is 11.1 Å². The first-order valence-corrected chi connectivity index (χ1v) is 12.4. The van der Waals surface area contributed by atoms with Crippen molar-refractivity contribution in [3.8, 4) is 22.5 Å². The van der Waals surface area contributed by atoms with E-state index in [0.29, 0.717) is 6.61 Å². The van der Waals surface area contributed by atoms with Crippen LogP contribution in [0.2, 0.25) is 0 Å². The molecule has 0 radical (unpaired) electrons. The summed E-state index contributed by atoms with van der Waals surface area (Å²) in [4.78, 5) is 0. The summed E-state index contributed by atoms with van der Waals surface area (Å²) >= 11 is 0. The monoisotopic (exact) mass is 474 g/mol. The Morgan fingerprint density at radius 2 is 1.72 bits per heavy atom. The van der Waals surface area contributed by atoms with E-state index in [2.05, 4.69) is 95.8 Å². The second-order valence-electron chi connectivity index (χ2n) is 9.00. The van der Waals surface area contributed by atoms with Crippen molar-refractivity contribution in [2.24, 2.45) is 10.2 Å². The van der Waals surface area contributed by atoms with Crippen LogP contribution in [-0.4, -0.2) is 19.0 Å². The number of benzene rings is 2. The normalized spacial score (nSPS) is 16.0.